The summed E-state index contributed by atoms with van der Waals surface area (Å²) in [5.74, 6) is -0.335. The van der Waals surface area contributed by atoms with Crippen molar-refractivity contribution in [1.82, 2.24) is 0 Å². The molecule has 6 nitrogen and oxygen atoms in total. The van der Waals surface area contributed by atoms with E-state index in [0.717, 1.165) is 0 Å². The van der Waals surface area contributed by atoms with E-state index in [1.807, 2.05) is 0 Å². The van der Waals surface area contributed by atoms with Crippen molar-refractivity contribution < 1.29 is 14.5 Å². The number of hydrogen-bond donors (Lipinski definition) is 1. The Kier molecular flexibility index (Phi) is 4.63. The Balaban J connectivity index is 2.08. The molecule has 0 unspecified atom stereocenters. The van der Waals surface area contributed by atoms with Crippen LogP contribution in [0.25, 0.3) is 0 Å². The monoisotopic (exact) mass is 298 g/mol. The number of nitro benzene ring substituents is 1. The highest BCUT2D eigenvalue weighted by atomic mass is 16.6. The van der Waals surface area contributed by atoms with E-state index in [1.165, 1.54) is 24.3 Å². The lowest BCUT2D eigenvalue weighted by atomic mass is 10.1. The van der Waals surface area contributed by atoms with Crippen molar-refractivity contribution in [1.29, 1.82) is 0 Å². The van der Waals surface area contributed by atoms with Gasteiger partial charge in [-0.1, -0.05) is 6.92 Å². The van der Waals surface area contributed by atoms with Crippen LogP contribution in [-0.2, 0) is 0 Å². The Morgan fingerprint density at radius 1 is 1.00 bits per heavy atom. The number of anilines is 1. The molecule has 0 saturated carbocycles. The fraction of sp³-hybridized carbons (Fsp3) is 0.125. The maximum Gasteiger partial charge on any atom is 0.269 e. The standard InChI is InChI=1S/C16H14N2O4/c1-2-15(19)11-3-7-13(8-4-11)17-16(20)12-5-9-14(10-6-12)18(21)22/h3-10H,2H2,1H3,(H,17,20). The molecular formula is C16H14N2O4. The normalized spacial score (nSPS) is 10.0. The number of hydrogen-bond acceptors (Lipinski definition) is 4. The van der Waals surface area contributed by atoms with Crippen molar-refractivity contribution in [3.63, 3.8) is 0 Å². The van der Waals surface area contributed by atoms with Crippen LogP contribution < -0.4 is 5.32 Å². The zero-order valence-electron chi connectivity index (χ0n) is 11.9. The third kappa shape index (κ3) is 3.54. The van der Waals surface area contributed by atoms with Gasteiger partial charge in [-0.3, -0.25) is 19.7 Å². The topological polar surface area (TPSA) is 89.3 Å². The van der Waals surface area contributed by atoms with Gasteiger partial charge in [0, 0.05) is 35.4 Å². The number of nitrogens with zero attached hydrogens (tertiary/aromatic N) is 1. The lowest BCUT2D eigenvalue weighted by Crippen LogP contribution is -2.12. The first-order valence-electron chi connectivity index (χ1n) is 6.70. The zero-order chi connectivity index (χ0) is 16.1. The Morgan fingerprint density at radius 2 is 1.55 bits per heavy atom. The number of amides is 1. The number of ketones is 1. The number of Topliss-reactive ketones (excluding diaryl/α,β-unsaturated/α-hetero) is 1. The highest BCUT2D eigenvalue weighted by molar-refractivity contribution is 6.04. The minimum absolute atomic E-state index is 0.0354. The van der Waals surface area contributed by atoms with Crippen LogP contribution in [0.4, 0.5) is 11.4 Å². The summed E-state index contributed by atoms with van der Waals surface area (Å²) in [5.41, 5.74) is 1.39. The minimum Gasteiger partial charge on any atom is -0.322 e. The molecule has 2 aromatic rings. The average molecular weight is 298 g/mol. The lowest BCUT2D eigenvalue weighted by Gasteiger charge is -2.06. The first-order chi connectivity index (χ1) is 10.5. The van der Waals surface area contributed by atoms with E-state index in [0.29, 0.717) is 23.2 Å². The number of carbonyl (C=O) groups excluding carboxylic acids is 2. The van der Waals surface area contributed by atoms with Crippen LogP contribution >= 0.6 is 0 Å². The molecule has 0 aliphatic rings. The molecule has 0 heterocycles. The smallest absolute Gasteiger partial charge is 0.269 e. The molecule has 1 N–H and O–H groups in total. The molecule has 0 bridgehead atoms. The van der Waals surface area contributed by atoms with Crippen LogP contribution in [0.3, 0.4) is 0 Å². The largest absolute Gasteiger partial charge is 0.322 e. The summed E-state index contributed by atoms with van der Waals surface area (Å²) in [7, 11) is 0. The molecule has 0 saturated heterocycles. The quantitative estimate of drug-likeness (QED) is 0.520. The Morgan fingerprint density at radius 3 is 2.05 bits per heavy atom. The number of non-ortho nitro benzene ring substituents is 1. The van der Waals surface area contributed by atoms with Crippen LogP contribution in [-0.4, -0.2) is 16.6 Å². The van der Waals surface area contributed by atoms with Crippen molar-refractivity contribution in [2.75, 3.05) is 5.32 Å². The molecule has 0 aliphatic heterocycles. The van der Waals surface area contributed by atoms with Gasteiger partial charge in [-0.2, -0.15) is 0 Å². The van der Waals surface area contributed by atoms with E-state index in [1.54, 1.807) is 31.2 Å². The summed E-state index contributed by atoms with van der Waals surface area (Å²) < 4.78 is 0. The van der Waals surface area contributed by atoms with E-state index in [4.69, 9.17) is 0 Å². The highest BCUT2D eigenvalue weighted by Gasteiger charge is 2.10. The molecule has 0 spiro atoms. The Labute approximate surface area is 126 Å². The van der Waals surface area contributed by atoms with E-state index < -0.39 is 4.92 Å². The second kappa shape index (κ2) is 6.62. The predicted octanol–water partition coefficient (Wildman–Crippen LogP) is 3.44. The molecule has 0 aromatic heterocycles. The zero-order valence-corrected chi connectivity index (χ0v) is 11.9. The van der Waals surface area contributed by atoms with Gasteiger partial charge in [0.05, 0.1) is 4.92 Å². The second-order valence-corrected chi connectivity index (χ2v) is 4.61. The lowest BCUT2D eigenvalue weighted by molar-refractivity contribution is -0.384. The average Bonchev–Trinajstić information content (AvgIpc) is 2.54. The van der Waals surface area contributed by atoms with Gasteiger partial charge in [0.1, 0.15) is 0 Å². The van der Waals surface area contributed by atoms with Gasteiger partial charge in [-0.05, 0) is 36.4 Å². The molecule has 2 aromatic carbocycles. The number of rotatable bonds is 5. The van der Waals surface area contributed by atoms with Gasteiger partial charge in [-0.15, -0.1) is 0 Å². The van der Waals surface area contributed by atoms with Crippen LogP contribution in [0, 0.1) is 10.1 Å². The summed E-state index contributed by atoms with van der Waals surface area (Å²) in [6.45, 7) is 1.78. The summed E-state index contributed by atoms with van der Waals surface area (Å²) in [6.07, 6.45) is 0.425. The maximum absolute atomic E-state index is 12.0. The SMILES string of the molecule is CCC(=O)c1ccc(NC(=O)c2ccc([N+](=O)[O-])cc2)cc1. The van der Waals surface area contributed by atoms with Crippen molar-refractivity contribution in [2.45, 2.75) is 13.3 Å². The third-order valence-electron chi connectivity index (χ3n) is 3.13. The summed E-state index contributed by atoms with van der Waals surface area (Å²) in [4.78, 5) is 33.6. The molecule has 2 rings (SSSR count). The van der Waals surface area contributed by atoms with Gasteiger partial charge in [0.25, 0.3) is 11.6 Å². The van der Waals surface area contributed by atoms with Gasteiger partial charge in [-0.25, -0.2) is 0 Å². The van der Waals surface area contributed by atoms with Crippen LogP contribution in [0.5, 0.6) is 0 Å². The van der Waals surface area contributed by atoms with Crippen LogP contribution in [0.15, 0.2) is 48.5 Å². The van der Waals surface area contributed by atoms with Crippen molar-refractivity contribution >= 4 is 23.1 Å². The van der Waals surface area contributed by atoms with E-state index in [9.17, 15) is 19.7 Å². The first kappa shape index (κ1) is 15.4. The molecule has 112 valence electrons. The van der Waals surface area contributed by atoms with Gasteiger partial charge in [0.15, 0.2) is 5.78 Å². The molecule has 6 heteroatoms. The van der Waals surface area contributed by atoms with Crippen molar-refractivity contribution in [3.8, 4) is 0 Å². The van der Waals surface area contributed by atoms with E-state index in [2.05, 4.69) is 5.32 Å². The number of carbonyl (C=O) groups is 2. The molecule has 0 fully saturated rings. The molecule has 22 heavy (non-hydrogen) atoms. The minimum atomic E-state index is -0.523. The Hall–Kier alpha value is -3.02. The predicted molar refractivity (Wildman–Crippen MR) is 82.1 cm³/mol. The fourth-order valence-electron chi connectivity index (χ4n) is 1.88. The number of benzene rings is 2. The van der Waals surface area contributed by atoms with Crippen LogP contribution in [0.1, 0.15) is 34.1 Å². The number of nitrogens with one attached hydrogen (secondary N) is 1. The maximum atomic E-state index is 12.0. The van der Waals surface area contributed by atoms with E-state index >= 15 is 0 Å². The fourth-order valence-corrected chi connectivity index (χ4v) is 1.88. The first-order valence-corrected chi connectivity index (χ1v) is 6.70. The summed E-state index contributed by atoms with van der Waals surface area (Å²) in [6, 6.07) is 11.9. The molecule has 0 atom stereocenters. The van der Waals surface area contributed by atoms with Gasteiger partial charge in [0.2, 0.25) is 0 Å². The second-order valence-electron chi connectivity index (χ2n) is 4.61. The van der Waals surface area contributed by atoms with E-state index in [-0.39, 0.29) is 17.4 Å². The summed E-state index contributed by atoms with van der Waals surface area (Å²) in [5, 5.41) is 13.2. The highest BCUT2D eigenvalue weighted by Crippen LogP contribution is 2.15. The molecule has 0 radical (unpaired) electrons. The number of nitro groups is 1. The van der Waals surface area contributed by atoms with Gasteiger partial charge < -0.3 is 5.32 Å². The van der Waals surface area contributed by atoms with Crippen molar-refractivity contribution in [3.05, 3.63) is 69.8 Å². The van der Waals surface area contributed by atoms with Gasteiger partial charge >= 0.3 is 0 Å². The molecule has 0 aliphatic carbocycles. The molecular weight excluding hydrogens is 284 g/mol. The summed E-state index contributed by atoms with van der Waals surface area (Å²) >= 11 is 0. The molecule has 1 amide bonds. The third-order valence-corrected chi connectivity index (χ3v) is 3.13. The van der Waals surface area contributed by atoms with Crippen molar-refractivity contribution in [2.24, 2.45) is 0 Å². The van der Waals surface area contributed by atoms with Crippen LogP contribution in [0.2, 0.25) is 0 Å². The Bertz CT molecular complexity index is 706.